The van der Waals surface area contributed by atoms with E-state index in [2.05, 4.69) is 17.2 Å². The van der Waals surface area contributed by atoms with E-state index in [-0.39, 0.29) is 6.04 Å². The second kappa shape index (κ2) is 7.27. The van der Waals surface area contributed by atoms with Crippen LogP contribution in [0.2, 0.25) is 5.02 Å². The SMILES string of the molecule is CCCNC(c1ccccn1)c1cc(Cl)ccc1OC. The first kappa shape index (κ1) is 14.8. The lowest BCUT2D eigenvalue weighted by Crippen LogP contribution is -2.24. The third-order valence-electron chi connectivity index (χ3n) is 3.08. The number of hydrogen-bond acceptors (Lipinski definition) is 3. The van der Waals surface area contributed by atoms with Gasteiger partial charge in [0.2, 0.25) is 0 Å². The molecule has 106 valence electrons. The van der Waals surface area contributed by atoms with Gasteiger partial charge >= 0.3 is 0 Å². The van der Waals surface area contributed by atoms with E-state index in [9.17, 15) is 0 Å². The fourth-order valence-corrected chi connectivity index (χ4v) is 2.32. The second-order valence-corrected chi connectivity index (χ2v) is 4.96. The van der Waals surface area contributed by atoms with Gasteiger partial charge in [0.25, 0.3) is 0 Å². The Balaban J connectivity index is 2.43. The van der Waals surface area contributed by atoms with Crippen LogP contribution in [0, 0.1) is 0 Å². The molecule has 20 heavy (non-hydrogen) atoms. The summed E-state index contributed by atoms with van der Waals surface area (Å²) in [5.41, 5.74) is 1.97. The zero-order valence-corrected chi connectivity index (χ0v) is 12.5. The first-order valence-corrected chi connectivity index (χ1v) is 7.11. The minimum Gasteiger partial charge on any atom is -0.496 e. The maximum Gasteiger partial charge on any atom is 0.124 e. The first-order chi connectivity index (χ1) is 9.76. The van der Waals surface area contributed by atoms with Gasteiger partial charge in [-0.1, -0.05) is 24.6 Å². The Hall–Kier alpha value is -1.58. The van der Waals surface area contributed by atoms with Crippen molar-refractivity contribution >= 4 is 11.6 Å². The Labute approximate surface area is 124 Å². The molecule has 1 heterocycles. The molecule has 0 aliphatic rings. The molecule has 0 aliphatic carbocycles. The highest BCUT2D eigenvalue weighted by Crippen LogP contribution is 2.31. The van der Waals surface area contributed by atoms with E-state index in [0.29, 0.717) is 5.02 Å². The molecule has 0 amide bonds. The minimum atomic E-state index is -0.0233. The van der Waals surface area contributed by atoms with Gasteiger partial charge in [-0.3, -0.25) is 4.98 Å². The molecule has 0 fully saturated rings. The van der Waals surface area contributed by atoms with E-state index in [1.165, 1.54) is 0 Å². The average Bonchev–Trinajstić information content (AvgIpc) is 2.49. The normalized spacial score (nSPS) is 12.2. The van der Waals surface area contributed by atoms with Crippen LogP contribution in [-0.4, -0.2) is 18.6 Å². The molecule has 1 aromatic carbocycles. The van der Waals surface area contributed by atoms with Crippen LogP contribution in [-0.2, 0) is 0 Å². The predicted molar refractivity (Wildman–Crippen MR) is 82.4 cm³/mol. The summed E-state index contributed by atoms with van der Waals surface area (Å²) in [5, 5.41) is 4.20. The number of pyridine rings is 1. The van der Waals surface area contributed by atoms with Gasteiger partial charge in [-0.15, -0.1) is 0 Å². The number of rotatable bonds is 6. The smallest absolute Gasteiger partial charge is 0.124 e. The molecule has 0 radical (unpaired) electrons. The summed E-state index contributed by atoms with van der Waals surface area (Å²) >= 11 is 6.14. The van der Waals surface area contributed by atoms with Gasteiger partial charge in [0.15, 0.2) is 0 Å². The fraction of sp³-hybridized carbons (Fsp3) is 0.312. The molecular weight excluding hydrogens is 272 g/mol. The van der Waals surface area contributed by atoms with Gasteiger partial charge in [0.1, 0.15) is 5.75 Å². The van der Waals surface area contributed by atoms with Gasteiger partial charge in [-0.25, -0.2) is 0 Å². The third kappa shape index (κ3) is 3.50. The zero-order chi connectivity index (χ0) is 14.4. The summed E-state index contributed by atoms with van der Waals surface area (Å²) in [7, 11) is 1.67. The Morgan fingerprint density at radius 3 is 2.80 bits per heavy atom. The van der Waals surface area contributed by atoms with Crippen molar-refractivity contribution in [3.05, 3.63) is 58.9 Å². The number of halogens is 1. The molecule has 3 nitrogen and oxygen atoms in total. The Morgan fingerprint density at radius 2 is 2.15 bits per heavy atom. The van der Waals surface area contributed by atoms with Gasteiger partial charge < -0.3 is 10.1 Å². The van der Waals surface area contributed by atoms with Crippen LogP contribution in [0.5, 0.6) is 5.75 Å². The summed E-state index contributed by atoms with van der Waals surface area (Å²) in [4.78, 5) is 4.45. The zero-order valence-electron chi connectivity index (χ0n) is 11.8. The lowest BCUT2D eigenvalue weighted by Gasteiger charge is -2.21. The number of methoxy groups -OCH3 is 1. The molecule has 1 atom stereocenters. The average molecular weight is 291 g/mol. The van der Waals surface area contributed by atoms with Gasteiger partial charge in [0.05, 0.1) is 18.8 Å². The molecule has 0 saturated heterocycles. The number of nitrogens with zero attached hydrogens (tertiary/aromatic N) is 1. The second-order valence-electron chi connectivity index (χ2n) is 4.53. The van der Waals surface area contributed by atoms with E-state index in [0.717, 1.165) is 30.0 Å². The van der Waals surface area contributed by atoms with Crippen molar-refractivity contribution < 1.29 is 4.74 Å². The molecule has 0 spiro atoms. The van der Waals surface area contributed by atoms with Crippen LogP contribution in [0.1, 0.15) is 30.6 Å². The summed E-state index contributed by atoms with van der Waals surface area (Å²) in [6.07, 6.45) is 2.85. The molecule has 1 aromatic heterocycles. The molecule has 0 bridgehead atoms. The lowest BCUT2D eigenvalue weighted by molar-refractivity contribution is 0.403. The predicted octanol–water partition coefficient (Wildman–Crippen LogP) is 3.83. The quantitative estimate of drug-likeness (QED) is 0.878. The summed E-state index contributed by atoms with van der Waals surface area (Å²) in [6.45, 7) is 3.04. The van der Waals surface area contributed by atoms with Crippen LogP contribution in [0.25, 0.3) is 0 Å². The monoisotopic (exact) mass is 290 g/mol. The van der Waals surface area contributed by atoms with Crippen molar-refractivity contribution in [1.82, 2.24) is 10.3 Å². The van der Waals surface area contributed by atoms with E-state index in [1.807, 2.05) is 36.4 Å². The molecule has 4 heteroatoms. The van der Waals surface area contributed by atoms with Gasteiger partial charge in [0, 0.05) is 16.8 Å². The third-order valence-corrected chi connectivity index (χ3v) is 3.32. The number of aromatic nitrogens is 1. The summed E-state index contributed by atoms with van der Waals surface area (Å²) in [5.74, 6) is 0.814. The van der Waals surface area contributed by atoms with Crippen LogP contribution in [0.15, 0.2) is 42.6 Å². The number of ether oxygens (including phenoxy) is 1. The van der Waals surface area contributed by atoms with Crippen LogP contribution in [0.3, 0.4) is 0 Å². The molecule has 1 unspecified atom stereocenters. The summed E-state index contributed by atoms with van der Waals surface area (Å²) in [6, 6.07) is 11.5. The lowest BCUT2D eigenvalue weighted by atomic mass is 10.0. The maximum absolute atomic E-state index is 6.14. The topological polar surface area (TPSA) is 34.2 Å². The van der Waals surface area contributed by atoms with Gasteiger partial charge in [-0.05, 0) is 43.3 Å². The molecule has 0 saturated carbocycles. The van der Waals surface area contributed by atoms with E-state index in [1.54, 1.807) is 13.3 Å². The number of benzene rings is 1. The van der Waals surface area contributed by atoms with Crippen molar-refractivity contribution in [2.75, 3.05) is 13.7 Å². The van der Waals surface area contributed by atoms with Gasteiger partial charge in [-0.2, -0.15) is 0 Å². The van der Waals surface area contributed by atoms with E-state index in [4.69, 9.17) is 16.3 Å². The van der Waals surface area contributed by atoms with Crippen molar-refractivity contribution in [2.24, 2.45) is 0 Å². The minimum absolute atomic E-state index is 0.0233. The highest BCUT2D eigenvalue weighted by atomic mass is 35.5. The summed E-state index contributed by atoms with van der Waals surface area (Å²) < 4.78 is 5.46. The van der Waals surface area contributed by atoms with Crippen LogP contribution >= 0.6 is 11.6 Å². The standard InChI is InChI=1S/C16H19ClN2O/c1-3-9-19-16(14-6-4-5-10-18-14)13-11-12(17)7-8-15(13)20-2/h4-8,10-11,16,19H,3,9H2,1-2H3. The molecule has 2 rings (SSSR count). The van der Waals surface area contributed by atoms with Crippen molar-refractivity contribution in [3.63, 3.8) is 0 Å². The van der Waals surface area contributed by atoms with Crippen molar-refractivity contribution in [1.29, 1.82) is 0 Å². The Bertz CT molecular complexity index is 545. The fourth-order valence-electron chi connectivity index (χ4n) is 2.14. The highest BCUT2D eigenvalue weighted by Gasteiger charge is 2.19. The largest absolute Gasteiger partial charge is 0.496 e. The van der Waals surface area contributed by atoms with Crippen LogP contribution < -0.4 is 10.1 Å². The Morgan fingerprint density at radius 1 is 1.30 bits per heavy atom. The number of nitrogens with one attached hydrogen (secondary N) is 1. The van der Waals surface area contributed by atoms with Crippen molar-refractivity contribution in [2.45, 2.75) is 19.4 Å². The molecule has 1 N–H and O–H groups in total. The maximum atomic E-state index is 6.14. The van der Waals surface area contributed by atoms with E-state index < -0.39 is 0 Å². The number of hydrogen-bond donors (Lipinski definition) is 1. The molecular formula is C16H19ClN2O. The molecule has 2 aromatic rings. The first-order valence-electron chi connectivity index (χ1n) is 6.74. The van der Waals surface area contributed by atoms with Crippen molar-refractivity contribution in [3.8, 4) is 5.75 Å². The van der Waals surface area contributed by atoms with Crippen LogP contribution in [0.4, 0.5) is 0 Å². The van der Waals surface area contributed by atoms with E-state index >= 15 is 0 Å². The highest BCUT2D eigenvalue weighted by molar-refractivity contribution is 6.30. The molecule has 0 aliphatic heterocycles. The Kier molecular flexibility index (Phi) is 5.39.